The molecule has 1 unspecified atom stereocenters. The van der Waals surface area contributed by atoms with Gasteiger partial charge in [-0.1, -0.05) is 0 Å². The molecule has 0 spiro atoms. The molecule has 0 aliphatic carbocycles. The third-order valence-corrected chi connectivity index (χ3v) is 5.72. The number of alkyl halides is 4. The first-order valence-corrected chi connectivity index (χ1v) is 10.3. The molecule has 0 radical (unpaired) electrons. The molecule has 0 bridgehead atoms. The molecule has 0 saturated heterocycles. The first kappa shape index (κ1) is 20.3. The molecule has 0 heterocycles. The Labute approximate surface area is 135 Å². The fraction of sp³-hybridized carbons (Fsp3) is 0.455. The third-order valence-electron chi connectivity index (χ3n) is 2.40. The first-order chi connectivity index (χ1) is 10.4. The van der Waals surface area contributed by atoms with Gasteiger partial charge in [0, 0.05) is 11.8 Å². The van der Waals surface area contributed by atoms with Gasteiger partial charge in [-0.2, -0.15) is 8.78 Å². The number of hydrogen-bond acceptors (Lipinski definition) is 5. The number of halogens is 4. The lowest BCUT2D eigenvalue weighted by Gasteiger charge is -2.17. The lowest BCUT2D eigenvalue weighted by molar-refractivity contribution is -0.110. The van der Waals surface area contributed by atoms with E-state index >= 15 is 0 Å². The molecule has 1 rings (SSSR count). The Morgan fingerprint density at radius 3 is 2.26 bits per heavy atom. The molecule has 1 atom stereocenters. The fourth-order valence-electron chi connectivity index (χ4n) is 1.43. The average molecular weight is 396 g/mol. The van der Waals surface area contributed by atoms with Crippen LogP contribution in [0, 0.1) is 0 Å². The smallest absolute Gasteiger partial charge is 0.377 e. The Kier molecular flexibility index (Phi) is 6.56. The maximum absolute atomic E-state index is 12.9. The second-order valence-corrected chi connectivity index (χ2v) is 9.02. The van der Waals surface area contributed by atoms with E-state index in [9.17, 15) is 30.9 Å². The maximum atomic E-state index is 12.9. The van der Waals surface area contributed by atoms with Crippen LogP contribution in [0.5, 0.6) is 5.75 Å². The van der Waals surface area contributed by atoms with Crippen LogP contribution in [-0.4, -0.2) is 38.0 Å². The van der Waals surface area contributed by atoms with Crippen molar-refractivity contribution in [2.45, 2.75) is 24.2 Å². The molecule has 1 N–H and O–H groups in total. The van der Waals surface area contributed by atoms with Crippen molar-refractivity contribution in [2.24, 2.45) is 0 Å². The molecular formula is C11H13F4O5PS2. The van der Waals surface area contributed by atoms with Crippen LogP contribution in [0.3, 0.4) is 0 Å². The van der Waals surface area contributed by atoms with Gasteiger partial charge >= 0.3 is 19.1 Å². The number of sulfone groups is 1. The van der Waals surface area contributed by atoms with Crippen molar-refractivity contribution in [3.05, 3.63) is 24.3 Å². The van der Waals surface area contributed by atoms with E-state index in [1.54, 1.807) is 6.92 Å². The molecule has 12 heteroatoms. The largest absolute Gasteiger partial charge is 0.424 e. The molecule has 132 valence electrons. The van der Waals surface area contributed by atoms with Gasteiger partial charge in [-0.15, -0.1) is 0 Å². The summed E-state index contributed by atoms with van der Waals surface area (Å²) in [6, 6.07) is 3.86. The van der Waals surface area contributed by atoms with E-state index in [1.807, 2.05) is 0 Å². The predicted octanol–water partition coefficient (Wildman–Crippen LogP) is 2.99. The second kappa shape index (κ2) is 7.43. The van der Waals surface area contributed by atoms with Crippen molar-refractivity contribution >= 4 is 28.4 Å². The summed E-state index contributed by atoms with van der Waals surface area (Å²) in [5.74, 6) is -6.73. The van der Waals surface area contributed by atoms with Crippen LogP contribution in [0.1, 0.15) is 6.92 Å². The van der Waals surface area contributed by atoms with E-state index in [0.29, 0.717) is 0 Å². The average Bonchev–Trinajstić information content (AvgIpc) is 2.37. The van der Waals surface area contributed by atoms with Crippen LogP contribution in [0.2, 0.25) is 0 Å². The quantitative estimate of drug-likeness (QED) is 0.538. The summed E-state index contributed by atoms with van der Waals surface area (Å²) in [4.78, 5) is 9.00. The van der Waals surface area contributed by atoms with Gasteiger partial charge in [0.15, 0.2) is 9.84 Å². The van der Waals surface area contributed by atoms with Crippen LogP contribution in [0.25, 0.3) is 0 Å². The zero-order valence-corrected chi connectivity index (χ0v) is 14.2. The number of hydrogen-bond donors (Lipinski definition) is 1. The SMILES string of the molecule is CCOP(O)(=S)Oc1ccc(S(=O)(=O)CC(F)(F)C(F)F)cc1. The van der Waals surface area contributed by atoms with Gasteiger partial charge in [0.25, 0.3) is 0 Å². The second-order valence-electron chi connectivity index (χ2n) is 4.27. The summed E-state index contributed by atoms with van der Waals surface area (Å²) in [7, 11) is -4.63. The zero-order chi connectivity index (χ0) is 17.9. The topological polar surface area (TPSA) is 72.8 Å². The van der Waals surface area contributed by atoms with Gasteiger partial charge in [0.2, 0.25) is 0 Å². The van der Waals surface area contributed by atoms with Crippen molar-refractivity contribution in [3.8, 4) is 5.75 Å². The van der Waals surface area contributed by atoms with Crippen LogP contribution in [0.15, 0.2) is 29.2 Å². The summed E-state index contributed by atoms with van der Waals surface area (Å²) in [6.07, 6.45) is -4.09. The van der Waals surface area contributed by atoms with Crippen molar-refractivity contribution in [2.75, 3.05) is 12.4 Å². The molecular weight excluding hydrogens is 383 g/mol. The molecule has 23 heavy (non-hydrogen) atoms. The first-order valence-electron chi connectivity index (χ1n) is 6.05. The van der Waals surface area contributed by atoms with Gasteiger partial charge in [-0.3, -0.25) is 4.52 Å². The summed E-state index contributed by atoms with van der Waals surface area (Å²) < 4.78 is 83.1. The summed E-state index contributed by atoms with van der Waals surface area (Å²) >= 11 is 4.65. The Balaban J connectivity index is 2.94. The minimum absolute atomic E-state index is 0.0520. The van der Waals surface area contributed by atoms with Gasteiger partial charge < -0.3 is 9.42 Å². The van der Waals surface area contributed by atoms with E-state index in [0.717, 1.165) is 24.3 Å². The van der Waals surface area contributed by atoms with Crippen molar-refractivity contribution in [1.82, 2.24) is 0 Å². The van der Waals surface area contributed by atoms with Gasteiger partial charge in [0.1, 0.15) is 11.5 Å². The molecule has 0 amide bonds. The van der Waals surface area contributed by atoms with E-state index in [4.69, 9.17) is 9.05 Å². The van der Waals surface area contributed by atoms with Crippen molar-refractivity contribution < 1.29 is 39.9 Å². The zero-order valence-electron chi connectivity index (χ0n) is 11.7. The standard InChI is InChI=1S/C11H13F4O5PS2/c1-2-19-21(16,22)20-8-3-5-9(6-4-8)23(17,18)7-11(14,15)10(12)13/h3-6,10H,2,7H2,1H3,(H,16,22). The number of benzene rings is 1. The maximum Gasteiger partial charge on any atom is 0.377 e. The highest BCUT2D eigenvalue weighted by Crippen LogP contribution is 2.44. The molecule has 0 fully saturated rings. The van der Waals surface area contributed by atoms with E-state index in [1.165, 1.54) is 0 Å². The highest BCUT2D eigenvalue weighted by atomic mass is 32.5. The van der Waals surface area contributed by atoms with Crippen LogP contribution < -0.4 is 4.52 Å². The molecule has 5 nitrogen and oxygen atoms in total. The van der Waals surface area contributed by atoms with Gasteiger partial charge in [-0.25, -0.2) is 17.2 Å². The van der Waals surface area contributed by atoms with Gasteiger partial charge in [0.05, 0.1) is 11.5 Å². The van der Waals surface area contributed by atoms with Crippen LogP contribution in [-0.2, 0) is 26.2 Å². The highest BCUT2D eigenvalue weighted by molar-refractivity contribution is 8.07. The van der Waals surface area contributed by atoms with E-state index in [2.05, 4.69) is 11.8 Å². The lowest BCUT2D eigenvalue weighted by Crippen LogP contribution is -2.35. The minimum atomic E-state index is -4.66. The Morgan fingerprint density at radius 1 is 1.30 bits per heavy atom. The minimum Gasteiger partial charge on any atom is -0.424 e. The molecule has 0 saturated carbocycles. The van der Waals surface area contributed by atoms with Crippen LogP contribution in [0.4, 0.5) is 17.6 Å². The summed E-state index contributed by atoms with van der Waals surface area (Å²) in [5.41, 5.74) is 0. The summed E-state index contributed by atoms with van der Waals surface area (Å²) in [5, 5.41) is 0. The van der Waals surface area contributed by atoms with E-state index < -0.39 is 39.6 Å². The van der Waals surface area contributed by atoms with Crippen molar-refractivity contribution in [1.29, 1.82) is 0 Å². The Bertz CT molecular complexity index is 678. The van der Waals surface area contributed by atoms with E-state index in [-0.39, 0.29) is 12.4 Å². The normalized spacial score (nSPS) is 15.4. The molecule has 0 aliphatic rings. The number of rotatable bonds is 8. The summed E-state index contributed by atoms with van der Waals surface area (Å²) in [6.45, 7) is -1.90. The van der Waals surface area contributed by atoms with Gasteiger partial charge in [-0.05, 0) is 31.2 Å². The monoisotopic (exact) mass is 396 g/mol. The Morgan fingerprint density at radius 2 is 1.83 bits per heavy atom. The predicted molar refractivity (Wildman–Crippen MR) is 78.2 cm³/mol. The Hall–Kier alpha value is -0.740. The van der Waals surface area contributed by atoms with Crippen LogP contribution >= 0.6 is 6.72 Å². The lowest BCUT2D eigenvalue weighted by atomic mass is 10.3. The molecule has 0 aliphatic heterocycles. The van der Waals surface area contributed by atoms with Crippen molar-refractivity contribution in [3.63, 3.8) is 0 Å². The fourth-order valence-corrected chi connectivity index (χ4v) is 4.12. The molecule has 1 aromatic carbocycles. The highest BCUT2D eigenvalue weighted by Gasteiger charge is 2.45. The molecule has 1 aromatic rings. The molecule has 0 aromatic heterocycles. The third kappa shape index (κ3) is 6.00.